The average Bonchev–Trinajstić information content (AvgIpc) is 3.89. The van der Waals surface area contributed by atoms with Gasteiger partial charge in [-0.2, -0.15) is 10.4 Å². The Hall–Kier alpha value is -2.63. The normalized spacial score (nSPS) is 15.0. The Morgan fingerprint density at radius 1 is 0.381 bits per heavy atom. The van der Waals surface area contributed by atoms with E-state index in [0.717, 1.165) is 39.6 Å². The molecule has 0 atom stereocenters. The van der Waals surface area contributed by atoms with Crippen molar-refractivity contribution in [3.63, 3.8) is 0 Å². The largest absolute Gasteiger partial charge is 1.00 e. The first-order valence-electron chi connectivity index (χ1n) is 15.0. The fourth-order valence-corrected chi connectivity index (χ4v) is 7.39. The standard InChI is InChI=1S/C24H20NSi.3C4H8O.Li/c1-5-13-21(14-6-1)25(22-15-7-2-8-16-22)26(23-17-9-3-10-18-23)24-19-11-4-12-20-24;3*1-2-4-5-3-1;/h1-20H;3*1-4H2;/q-1;;;;+1. The number of hydrogen-bond acceptors (Lipinski definition) is 4. The van der Waals surface area contributed by atoms with E-state index in [9.17, 15) is 0 Å². The van der Waals surface area contributed by atoms with Gasteiger partial charge >= 0.3 is 18.9 Å². The zero-order valence-electron chi connectivity index (χ0n) is 25.2. The molecule has 3 heterocycles. The fourth-order valence-electron chi connectivity index (χ4n) is 4.71. The van der Waals surface area contributed by atoms with E-state index < -0.39 is 8.96 Å². The molecule has 3 fully saturated rings. The molecular formula is C36H44LiNO3Si. The molecular weight excluding hydrogens is 529 g/mol. The molecule has 3 aliphatic rings. The number of anilines is 2. The smallest absolute Gasteiger partial charge is 0.493 e. The van der Waals surface area contributed by atoms with Gasteiger partial charge in [-0.15, -0.1) is 8.96 Å². The molecule has 0 radical (unpaired) electrons. The van der Waals surface area contributed by atoms with Crippen molar-refractivity contribution in [1.29, 1.82) is 0 Å². The van der Waals surface area contributed by atoms with Gasteiger partial charge in [-0.05, 0) is 62.8 Å². The maximum atomic E-state index is 4.94. The predicted molar refractivity (Wildman–Crippen MR) is 173 cm³/mol. The van der Waals surface area contributed by atoms with E-state index in [1.165, 1.54) is 60.3 Å². The van der Waals surface area contributed by atoms with Crippen LogP contribution >= 0.6 is 0 Å². The SMILES string of the molecule is C1CCOC1.C1CCOC1.C1CCOC1.[Li+].c1ccc(N(c2ccccc2)[Si-](c2ccccc2)c2ccccc2)cc1. The summed E-state index contributed by atoms with van der Waals surface area (Å²) in [7, 11) is -1.21. The van der Waals surface area contributed by atoms with Crippen molar-refractivity contribution in [2.75, 3.05) is 44.2 Å². The van der Waals surface area contributed by atoms with Gasteiger partial charge in [0.2, 0.25) is 0 Å². The molecule has 3 saturated heterocycles. The molecule has 0 aromatic heterocycles. The van der Waals surface area contributed by atoms with Crippen LogP contribution in [-0.4, -0.2) is 48.6 Å². The second kappa shape index (κ2) is 21.1. The average molecular weight is 574 g/mol. The number of para-hydroxylation sites is 2. The third-order valence-corrected chi connectivity index (χ3v) is 9.55. The Kier molecular flexibility index (Phi) is 17.0. The van der Waals surface area contributed by atoms with Crippen LogP contribution in [0.1, 0.15) is 38.5 Å². The maximum absolute atomic E-state index is 4.94. The molecule has 216 valence electrons. The fraction of sp³-hybridized carbons (Fsp3) is 0.333. The molecule has 0 saturated carbocycles. The summed E-state index contributed by atoms with van der Waals surface area (Å²) in [4.78, 5) is 0. The van der Waals surface area contributed by atoms with Crippen molar-refractivity contribution < 1.29 is 33.1 Å². The van der Waals surface area contributed by atoms with Crippen LogP contribution in [0.15, 0.2) is 121 Å². The zero-order chi connectivity index (χ0) is 28.2. The van der Waals surface area contributed by atoms with Gasteiger partial charge in [0.15, 0.2) is 0 Å². The van der Waals surface area contributed by atoms with E-state index in [-0.39, 0.29) is 18.9 Å². The molecule has 0 unspecified atom stereocenters. The Morgan fingerprint density at radius 3 is 0.881 bits per heavy atom. The quantitative estimate of drug-likeness (QED) is 0.338. The van der Waals surface area contributed by atoms with E-state index in [1.807, 2.05) is 0 Å². The van der Waals surface area contributed by atoms with Crippen LogP contribution in [0, 0.1) is 0 Å². The summed E-state index contributed by atoms with van der Waals surface area (Å²) < 4.78 is 17.3. The third kappa shape index (κ3) is 11.9. The van der Waals surface area contributed by atoms with Crippen LogP contribution in [0.3, 0.4) is 0 Å². The van der Waals surface area contributed by atoms with E-state index in [2.05, 4.69) is 126 Å². The van der Waals surface area contributed by atoms with E-state index in [4.69, 9.17) is 14.2 Å². The number of ether oxygens (including phenoxy) is 3. The summed E-state index contributed by atoms with van der Waals surface area (Å²) >= 11 is 0. The molecule has 0 aliphatic carbocycles. The maximum Gasteiger partial charge on any atom is 1.00 e. The van der Waals surface area contributed by atoms with Crippen LogP contribution in [0.2, 0.25) is 0 Å². The Labute approximate surface area is 266 Å². The number of hydrogen-bond donors (Lipinski definition) is 0. The van der Waals surface area contributed by atoms with Crippen molar-refractivity contribution in [2.45, 2.75) is 38.5 Å². The molecule has 7 rings (SSSR count). The van der Waals surface area contributed by atoms with E-state index >= 15 is 0 Å². The van der Waals surface area contributed by atoms with Gasteiger partial charge in [-0.1, -0.05) is 97.1 Å². The summed E-state index contributed by atoms with van der Waals surface area (Å²) in [6, 6.07) is 43.1. The monoisotopic (exact) mass is 573 g/mol. The van der Waals surface area contributed by atoms with Gasteiger partial charge in [0.25, 0.3) is 0 Å². The molecule has 3 aliphatic heterocycles. The van der Waals surface area contributed by atoms with Gasteiger partial charge in [-0.3, -0.25) is 0 Å². The Balaban J connectivity index is 0.000000244. The second-order valence-corrected chi connectivity index (χ2v) is 12.3. The van der Waals surface area contributed by atoms with Gasteiger partial charge in [-0.25, -0.2) is 0 Å². The van der Waals surface area contributed by atoms with E-state index in [1.54, 1.807) is 0 Å². The first-order valence-corrected chi connectivity index (χ1v) is 16.5. The topological polar surface area (TPSA) is 30.9 Å². The molecule has 4 nitrogen and oxygen atoms in total. The number of benzene rings is 4. The minimum atomic E-state index is -1.21. The van der Waals surface area contributed by atoms with Crippen LogP contribution < -0.4 is 33.8 Å². The molecule has 0 N–H and O–H groups in total. The first-order chi connectivity index (χ1) is 20.4. The van der Waals surface area contributed by atoms with Gasteiger partial charge in [0.1, 0.15) is 0 Å². The van der Waals surface area contributed by atoms with Crippen molar-refractivity contribution in [1.82, 2.24) is 0 Å². The number of nitrogens with zero attached hydrogens (tertiary/aromatic N) is 1. The third-order valence-electron chi connectivity index (χ3n) is 6.83. The minimum absolute atomic E-state index is 0. The summed E-state index contributed by atoms with van der Waals surface area (Å²) in [6.45, 7) is 6.00. The van der Waals surface area contributed by atoms with Crippen LogP contribution in [0.25, 0.3) is 0 Å². The first kappa shape index (κ1) is 33.9. The molecule has 6 heteroatoms. The van der Waals surface area contributed by atoms with Gasteiger partial charge in [0.05, 0.1) is 0 Å². The van der Waals surface area contributed by atoms with Crippen molar-refractivity contribution in [3.05, 3.63) is 121 Å². The van der Waals surface area contributed by atoms with Gasteiger partial charge in [0, 0.05) is 51.0 Å². The van der Waals surface area contributed by atoms with Crippen LogP contribution in [0.4, 0.5) is 11.4 Å². The summed E-state index contributed by atoms with van der Waals surface area (Å²) in [5.41, 5.74) is 2.44. The van der Waals surface area contributed by atoms with Crippen molar-refractivity contribution in [3.8, 4) is 0 Å². The van der Waals surface area contributed by atoms with E-state index in [0.29, 0.717) is 0 Å². The summed E-state index contributed by atoms with van der Waals surface area (Å²) in [5.74, 6) is 0. The summed E-state index contributed by atoms with van der Waals surface area (Å²) in [6.07, 6.45) is 7.67. The Morgan fingerprint density at radius 2 is 0.643 bits per heavy atom. The molecule has 0 amide bonds. The zero-order valence-corrected chi connectivity index (χ0v) is 26.2. The second-order valence-electron chi connectivity index (χ2n) is 10.0. The predicted octanol–water partition coefficient (Wildman–Crippen LogP) is 4.03. The van der Waals surface area contributed by atoms with Crippen LogP contribution in [0.5, 0.6) is 0 Å². The Bertz CT molecular complexity index is 967. The molecule has 4 aromatic rings. The van der Waals surface area contributed by atoms with Crippen molar-refractivity contribution in [2.24, 2.45) is 0 Å². The minimum Gasteiger partial charge on any atom is -0.493 e. The molecule has 0 bridgehead atoms. The summed E-state index contributed by atoms with van der Waals surface area (Å²) in [5, 5.41) is 2.74. The van der Waals surface area contributed by atoms with Crippen molar-refractivity contribution >= 4 is 30.7 Å². The van der Waals surface area contributed by atoms with Crippen LogP contribution in [-0.2, 0) is 14.2 Å². The number of rotatable bonds is 5. The molecule has 4 aromatic carbocycles. The molecule has 0 spiro atoms. The molecule has 42 heavy (non-hydrogen) atoms. The van der Waals surface area contributed by atoms with Gasteiger partial charge < -0.3 is 18.8 Å².